The van der Waals surface area contributed by atoms with Crippen molar-refractivity contribution < 1.29 is 14.3 Å². The maximum absolute atomic E-state index is 12.8. The highest BCUT2D eigenvalue weighted by Crippen LogP contribution is 3.07. The number of fused-ring (bicyclic) bond motifs is 2. The number of alkyl carbamates (subject to hydrolysis) is 1. The molecule has 7 unspecified atom stereocenters. The van der Waals surface area contributed by atoms with E-state index in [0.29, 0.717) is 16.2 Å². The molecule has 0 aliphatic heterocycles. The van der Waals surface area contributed by atoms with Crippen molar-refractivity contribution in [2.75, 3.05) is 7.11 Å². The minimum Gasteiger partial charge on any atom is -0.496 e. The lowest BCUT2D eigenvalue weighted by molar-refractivity contribution is -0.0944. The highest BCUT2D eigenvalue weighted by atomic mass is 16.6. The number of hydrogen-bond acceptors (Lipinski definition) is 3. The lowest BCUT2D eigenvalue weighted by Crippen LogP contribution is -2.52. The molecule has 0 heterocycles. The number of rotatable bonds is 3. The summed E-state index contributed by atoms with van der Waals surface area (Å²) in [7, 11) is 1.72. The lowest BCUT2D eigenvalue weighted by Gasteiger charge is -2.53. The van der Waals surface area contributed by atoms with E-state index >= 15 is 0 Å². The van der Waals surface area contributed by atoms with E-state index in [1.165, 1.54) is 24.0 Å². The van der Waals surface area contributed by atoms with Crippen LogP contribution in [0.4, 0.5) is 4.79 Å². The molecule has 5 aliphatic carbocycles. The number of benzene rings is 1. The molecule has 0 aromatic heterocycles. The standard InChI is InChI=1S/C24H31NO3/c1-21-13-23(3)22(2)12-15(24(21,22)23)10-19(21)28-20(26)25-16-9-8-14-6-5-7-18(27-4)17(14)11-16/h5-7,15-16,19H,8-13H2,1-4H3,(H,25,26). The molecule has 5 aliphatic rings. The van der Waals surface area contributed by atoms with Crippen LogP contribution in [0.3, 0.4) is 0 Å². The predicted octanol–water partition coefficient (Wildman–Crippen LogP) is 4.49. The molecule has 0 saturated heterocycles. The van der Waals surface area contributed by atoms with E-state index in [0.717, 1.165) is 37.4 Å². The van der Waals surface area contributed by atoms with Gasteiger partial charge in [-0.2, -0.15) is 0 Å². The van der Waals surface area contributed by atoms with Gasteiger partial charge in [-0.3, -0.25) is 0 Å². The van der Waals surface area contributed by atoms with Crippen LogP contribution in [-0.4, -0.2) is 25.3 Å². The third kappa shape index (κ3) is 1.55. The summed E-state index contributed by atoms with van der Waals surface area (Å²) in [5.41, 5.74) is 4.25. The lowest BCUT2D eigenvalue weighted by atomic mass is 9.51. The molecular weight excluding hydrogens is 350 g/mol. The molecule has 4 saturated carbocycles. The average Bonchev–Trinajstić information content (AvgIpc) is 2.82. The first kappa shape index (κ1) is 17.2. The van der Waals surface area contributed by atoms with Gasteiger partial charge in [-0.1, -0.05) is 32.9 Å². The van der Waals surface area contributed by atoms with E-state index < -0.39 is 0 Å². The fraction of sp³-hybridized carbons (Fsp3) is 0.708. The van der Waals surface area contributed by atoms with Crippen LogP contribution >= 0.6 is 0 Å². The largest absolute Gasteiger partial charge is 0.496 e. The Balaban J connectivity index is 1.13. The summed E-state index contributed by atoms with van der Waals surface area (Å²) in [4.78, 5) is 12.8. The van der Waals surface area contributed by atoms with Gasteiger partial charge in [0.05, 0.1) is 7.11 Å². The Kier molecular flexibility index (Phi) is 2.99. The van der Waals surface area contributed by atoms with Gasteiger partial charge in [0.15, 0.2) is 0 Å². The van der Waals surface area contributed by atoms with Crippen LogP contribution in [0.2, 0.25) is 0 Å². The Morgan fingerprint density at radius 2 is 2.04 bits per heavy atom. The Morgan fingerprint density at radius 1 is 1.21 bits per heavy atom. The number of methoxy groups -OCH3 is 1. The molecule has 4 nitrogen and oxygen atoms in total. The second-order valence-electron chi connectivity index (χ2n) is 10.8. The van der Waals surface area contributed by atoms with E-state index in [9.17, 15) is 4.79 Å². The Labute approximate surface area is 167 Å². The topological polar surface area (TPSA) is 47.6 Å². The van der Waals surface area contributed by atoms with E-state index in [1.54, 1.807) is 7.11 Å². The molecule has 7 atom stereocenters. The fourth-order valence-electron chi connectivity index (χ4n) is 9.46. The van der Waals surface area contributed by atoms with Crippen LogP contribution in [0.5, 0.6) is 5.75 Å². The van der Waals surface area contributed by atoms with Gasteiger partial charge in [0.25, 0.3) is 0 Å². The third-order valence-corrected chi connectivity index (χ3v) is 10.2. The van der Waals surface area contributed by atoms with Gasteiger partial charge in [0, 0.05) is 11.5 Å². The van der Waals surface area contributed by atoms with Crippen molar-refractivity contribution in [1.29, 1.82) is 0 Å². The third-order valence-electron chi connectivity index (χ3n) is 10.2. The van der Waals surface area contributed by atoms with Crippen LogP contribution in [0.25, 0.3) is 0 Å². The highest BCUT2D eigenvalue weighted by molar-refractivity contribution is 5.68. The molecule has 28 heavy (non-hydrogen) atoms. The first-order valence-corrected chi connectivity index (χ1v) is 10.9. The highest BCUT2D eigenvalue weighted by Gasteiger charge is 3.04. The number of amides is 1. The summed E-state index contributed by atoms with van der Waals surface area (Å²) in [5.74, 6) is 1.70. The number of carbonyl (C=O) groups excluding carboxylic acids is 1. The summed E-state index contributed by atoms with van der Waals surface area (Å²) in [5, 5.41) is 3.17. The van der Waals surface area contributed by atoms with Crippen molar-refractivity contribution in [2.45, 2.75) is 71.4 Å². The van der Waals surface area contributed by atoms with E-state index in [1.807, 2.05) is 12.1 Å². The molecule has 4 fully saturated rings. The first-order chi connectivity index (χ1) is 13.3. The molecule has 1 spiro atoms. The molecule has 0 bridgehead atoms. The molecule has 1 N–H and O–H groups in total. The van der Waals surface area contributed by atoms with Gasteiger partial charge in [0.1, 0.15) is 11.9 Å². The van der Waals surface area contributed by atoms with E-state index in [-0.39, 0.29) is 23.7 Å². The molecule has 0 radical (unpaired) electrons. The maximum atomic E-state index is 12.8. The molecule has 4 heteroatoms. The van der Waals surface area contributed by atoms with Crippen molar-refractivity contribution in [3.63, 3.8) is 0 Å². The zero-order valence-electron chi connectivity index (χ0n) is 17.4. The Hall–Kier alpha value is -1.71. The summed E-state index contributed by atoms with van der Waals surface area (Å²) in [6.45, 7) is 7.34. The summed E-state index contributed by atoms with van der Waals surface area (Å²) >= 11 is 0. The van der Waals surface area contributed by atoms with Gasteiger partial charge < -0.3 is 14.8 Å². The quantitative estimate of drug-likeness (QED) is 0.839. The second-order valence-corrected chi connectivity index (χ2v) is 10.8. The van der Waals surface area contributed by atoms with Gasteiger partial charge in [-0.15, -0.1) is 0 Å². The van der Waals surface area contributed by atoms with Crippen LogP contribution < -0.4 is 10.1 Å². The number of aryl methyl sites for hydroxylation is 1. The summed E-state index contributed by atoms with van der Waals surface area (Å²) in [6, 6.07) is 6.35. The van der Waals surface area contributed by atoms with Gasteiger partial charge >= 0.3 is 6.09 Å². The van der Waals surface area contributed by atoms with Crippen molar-refractivity contribution in [3.05, 3.63) is 29.3 Å². The van der Waals surface area contributed by atoms with Gasteiger partial charge in [-0.05, 0) is 77.9 Å². The van der Waals surface area contributed by atoms with Gasteiger partial charge in [0.2, 0.25) is 0 Å². The Morgan fingerprint density at radius 3 is 2.71 bits per heavy atom. The van der Waals surface area contributed by atoms with E-state index in [2.05, 4.69) is 32.2 Å². The zero-order chi connectivity index (χ0) is 19.5. The number of nitrogens with one attached hydrogen (secondary N) is 1. The molecule has 150 valence electrons. The molecule has 1 aromatic carbocycles. The molecule has 1 aromatic rings. The monoisotopic (exact) mass is 381 g/mol. The van der Waals surface area contributed by atoms with Crippen LogP contribution in [0.15, 0.2) is 18.2 Å². The predicted molar refractivity (Wildman–Crippen MR) is 106 cm³/mol. The van der Waals surface area contributed by atoms with Crippen LogP contribution in [0, 0.1) is 27.6 Å². The SMILES string of the molecule is COc1cccc2c1CC(NC(=O)OC1CC3CC4(C)C5(C)CC1(C)C345)CC2. The number of hydrogen-bond donors (Lipinski definition) is 1. The molecular formula is C24H31NO3. The normalized spacial score (nSPS) is 48.9. The minimum absolute atomic E-state index is 0.0836. The average molecular weight is 382 g/mol. The molecule has 1 amide bonds. The molecule has 6 rings (SSSR count). The maximum Gasteiger partial charge on any atom is 0.407 e. The van der Waals surface area contributed by atoms with Gasteiger partial charge in [-0.25, -0.2) is 4.79 Å². The van der Waals surface area contributed by atoms with Crippen LogP contribution in [-0.2, 0) is 17.6 Å². The van der Waals surface area contributed by atoms with Crippen molar-refractivity contribution in [1.82, 2.24) is 5.32 Å². The Bertz CT molecular complexity index is 874. The van der Waals surface area contributed by atoms with Crippen molar-refractivity contribution in [2.24, 2.45) is 27.6 Å². The zero-order valence-corrected chi connectivity index (χ0v) is 17.4. The van der Waals surface area contributed by atoms with E-state index in [4.69, 9.17) is 9.47 Å². The summed E-state index contributed by atoms with van der Waals surface area (Å²) in [6.07, 6.45) is 6.23. The smallest absolute Gasteiger partial charge is 0.407 e. The number of carbonyl (C=O) groups is 1. The summed E-state index contributed by atoms with van der Waals surface area (Å²) < 4.78 is 11.6. The fourth-order valence-corrected chi connectivity index (χ4v) is 9.46. The van der Waals surface area contributed by atoms with Crippen molar-refractivity contribution >= 4 is 6.09 Å². The number of ether oxygens (including phenoxy) is 2. The first-order valence-electron chi connectivity index (χ1n) is 10.9. The second kappa shape index (κ2) is 4.88. The van der Waals surface area contributed by atoms with Crippen LogP contribution in [0.1, 0.15) is 57.6 Å². The van der Waals surface area contributed by atoms with Crippen molar-refractivity contribution in [3.8, 4) is 5.75 Å². The minimum atomic E-state index is -0.219.